The van der Waals surface area contributed by atoms with Gasteiger partial charge in [0.2, 0.25) is 0 Å². The van der Waals surface area contributed by atoms with Crippen molar-refractivity contribution in [1.29, 1.82) is 0 Å². The number of aryl methyl sites for hydroxylation is 1. The summed E-state index contributed by atoms with van der Waals surface area (Å²) in [4.78, 5) is 0. The number of nitrogens with one attached hydrogen (secondary N) is 1. The molecule has 0 unspecified atom stereocenters. The van der Waals surface area contributed by atoms with Crippen molar-refractivity contribution in [3.63, 3.8) is 0 Å². The summed E-state index contributed by atoms with van der Waals surface area (Å²) in [5.41, 5.74) is 7.15. The third kappa shape index (κ3) is 4.58. The van der Waals surface area contributed by atoms with Gasteiger partial charge in [0.25, 0.3) is 0 Å². The van der Waals surface area contributed by atoms with E-state index in [2.05, 4.69) is 103 Å². The van der Waals surface area contributed by atoms with Crippen molar-refractivity contribution in [3.8, 4) is 22.4 Å². The molecule has 0 radical (unpaired) electrons. The minimum absolute atomic E-state index is 0.396. The molecule has 2 atom stereocenters. The third-order valence-electron chi connectivity index (χ3n) is 6.04. The zero-order valence-electron chi connectivity index (χ0n) is 18.7. The first-order valence-electron chi connectivity index (χ1n) is 11.2. The minimum atomic E-state index is -0.475. The first-order chi connectivity index (χ1) is 15.1. The van der Waals surface area contributed by atoms with Crippen LogP contribution in [0.25, 0.3) is 33.3 Å². The van der Waals surface area contributed by atoms with Crippen molar-refractivity contribution >= 4 is 10.9 Å². The summed E-state index contributed by atoms with van der Waals surface area (Å²) in [6.45, 7) is 7.57. The lowest BCUT2D eigenvalue weighted by molar-refractivity contribution is 0.150. The lowest BCUT2D eigenvalue weighted by Gasteiger charge is -2.19. The van der Waals surface area contributed by atoms with E-state index in [1.807, 2.05) is 6.07 Å². The van der Waals surface area contributed by atoms with Gasteiger partial charge in [-0.25, -0.2) is 0 Å². The average Bonchev–Trinajstić information content (AvgIpc) is 3.11. The van der Waals surface area contributed by atoms with E-state index < -0.39 is 6.10 Å². The summed E-state index contributed by atoms with van der Waals surface area (Å²) in [5.74, 6) is 0. The van der Waals surface area contributed by atoms with Gasteiger partial charge in [0.05, 0.1) is 18.3 Å². The van der Waals surface area contributed by atoms with Crippen molar-refractivity contribution in [2.45, 2.75) is 45.9 Å². The molecule has 3 nitrogen and oxygen atoms in total. The fraction of sp³-hybridized carbons (Fsp3) is 0.286. The highest BCUT2D eigenvalue weighted by Gasteiger charge is 2.21. The van der Waals surface area contributed by atoms with Crippen LogP contribution in [0.5, 0.6) is 0 Å². The van der Waals surface area contributed by atoms with Crippen molar-refractivity contribution in [2.75, 3.05) is 6.54 Å². The second-order valence-corrected chi connectivity index (χ2v) is 8.46. The molecule has 0 aliphatic heterocycles. The molecule has 0 saturated carbocycles. The zero-order chi connectivity index (χ0) is 21.8. The Morgan fingerprint density at radius 1 is 0.903 bits per heavy atom. The van der Waals surface area contributed by atoms with Gasteiger partial charge in [0.1, 0.15) is 0 Å². The normalized spacial score (nSPS) is 13.4. The molecule has 0 saturated heterocycles. The fourth-order valence-corrected chi connectivity index (χ4v) is 4.21. The number of benzene rings is 3. The monoisotopic (exact) mass is 412 g/mol. The quantitative estimate of drug-likeness (QED) is 0.371. The van der Waals surface area contributed by atoms with E-state index in [0.717, 1.165) is 23.2 Å². The summed E-state index contributed by atoms with van der Waals surface area (Å²) in [6.07, 6.45) is 0.572. The predicted molar refractivity (Wildman–Crippen MR) is 131 cm³/mol. The van der Waals surface area contributed by atoms with Gasteiger partial charge in [-0.3, -0.25) is 0 Å². The number of hydrogen-bond acceptors (Lipinski definition) is 2. The van der Waals surface area contributed by atoms with Crippen LogP contribution in [0.4, 0.5) is 0 Å². The molecule has 31 heavy (non-hydrogen) atoms. The molecule has 1 heterocycles. The van der Waals surface area contributed by atoms with Gasteiger partial charge < -0.3 is 15.0 Å². The highest BCUT2D eigenvalue weighted by molar-refractivity contribution is 6.04. The summed E-state index contributed by atoms with van der Waals surface area (Å²) in [6, 6.07) is 28.1. The zero-order valence-corrected chi connectivity index (χ0v) is 18.7. The van der Waals surface area contributed by atoms with E-state index in [4.69, 9.17) is 0 Å². The van der Waals surface area contributed by atoms with Gasteiger partial charge in [-0.2, -0.15) is 0 Å². The molecule has 1 aromatic heterocycles. The largest absolute Gasteiger partial charge is 0.390 e. The predicted octanol–water partition coefficient (Wildman–Crippen LogP) is 6.03. The number of fused-ring (bicyclic) bond motifs is 1. The maximum Gasteiger partial charge on any atom is 0.0843 e. The first-order valence-corrected chi connectivity index (χ1v) is 11.2. The Bertz CT molecular complexity index is 1130. The summed E-state index contributed by atoms with van der Waals surface area (Å²) >= 11 is 0. The fourth-order valence-electron chi connectivity index (χ4n) is 4.21. The number of nitrogens with zero attached hydrogens (tertiary/aromatic N) is 1. The van der Waals surface area contributed by atoms with Gasteiger partial charge >= 0.3 is 0 Å². The van der Waals surface area contributed by atoms with E-state index in [9.17, 15) is 5.11 Å². The van der Waals surface area contributed by atoms with Crippen LogP contribution in [-0.2, 0) is 6.54 Å². The van der Waals surface area contributed by atoms with Crippen LogP contribution in [-0.4, -0.2) is 28.4 Å². The van der Waals surface area contributed by atoms with Crippen LogP contribution in [0.15, 0.2) is 78.9 Å². The lowest BCUT2D eigenvalue weighted by Crippen LogP contribution is -2.35. The Kier molecular flexibility index (Phi) is 6.55. The van der Waals surface area contributed by atoms with E-state index in [0.29, 0.717) is 19.1 Å². The molecule has 0 aliphatic carbocycles. The van der Waals surface area contributed by atoms with Gasteiger partial charge in [0, 0.05) is 29.1 Å². The van der Waals surface area contributed by atoms with Crippen LogP contribution in [0, 0.1) is 6.92 Å². The van der Waals surface area contributed by atoms with Crippen LogP contribution < -0.4 is 5.32 Å². The molecule has 0 spiro atoms. The van der Waals surface area contributed by atoms with Gasteiger partial charge in [-0.1, -0.05) is 79.2 Å². The van der Waals surface area contributed by atoms with Crippen LogP contribution in [0.2, 0.25) is 0 Å². The molecule has 3 aromatic carbocycles. The molecule has 0 fully saturated rings. The molecule has 3 heteroatoms. The number of rotatable bonds is 8. The molecule has 0 aliphatic rings. The Morgan fingerprint density at radius 3 is 2.19 bits per heavy atom. The second-order valence-electron chi connectivity index (χ2n) is 8.46. The Balaban J connectivity index is 1.90. The van der Waals surface area contributed by atoms with E-state index in [1.165, 1.54) is 22.1 Å². The molecule has 160 valence electrons. The SMILES string of the molecule is CC[C@@H](C)NC[C@H](O)Cn1c(-c2ccccc2)c(-c2ccccc2)c2cc(C)ccc21. The average molecular weight is 413 g/mol. The van der Waals surface area contributed by atoms with Gasteiger partial charge in [-0.15, -0.1) is 0 Å². The van der Waals surface area contributed by atoms with Crippen LogP contribution in [0.1, 0.15) is 25.8 Å². The number of aliphatic hydroxyl groups is 1. The van der Waals surface area contributed by atoms with E-state index in [1.54, 1.807) is 0 Å². The topological polar surface area (TPSA) is 37.2 Å². The maximum absolute atomic E-state index is 10.9. The molecule has 2 N–H and O–H groups in total. The summed E-state index contributed by atoms with van der Waals surface area (Å²) < 4.78 is 2.30. The van der Waals surface area contributed by atoms with Crippen molar-refractivity contribution in [2.24, 2.45) is 0 Å². The van der Waals surface area contributed by atoms with Crippen molar-refractivity contribution in [3.05, 3.63) is 84.4 Å². The highest BCUT2D eigenvalue weighted by atomic mass is 16.3. The summed E-state index contributed by atoms with van der Waals surface area (Å²) in [5, 5.41) is 15.6. The second kappa shape index (κ2) is 9.51. The smallest absolute Gasteiger partial charge is 0.0843 e. The molecular formula is C28H32N2O. The third-order valence-corrected chi connectivity index (χ3v) is 6.04. The van der Waals surface area contributed by atoms with Crippen molar-refractivity contribution < 1.29 is 5.11 Å². The molecule has 0 bridgehead atoms. The standard InChI is InChI=1S/C28H32N2O/c1-4-21(3)29-18-24(31)19-30-26-16-15-20(2)17-25(26)27(22-11-7-5-8-12-22)28(30)23-13-9-6-10-14-23/h5-17,21,24,29,31H,4,18-19H2,1-3H3/t21-,24+/m1/s1. The number of aromatic nitrogens is 1. The van der Waals surface area contributed by atoms with E-state index >= 15 is 0 Å². The van der Waals surface area contributed by atoms with Crippen LogP contribution in [0.3, 0.4) is 0 Å². The van der Waals surface area contributed by atoms with Gasteiger partial charge in [-0.05, 0) is 43.5 Å². The molecular weight excluding hydrogens is 380 g/mol. The first kappa shape index (κ1) is 21.4. The lowest BCUT2D eigenvalue weighted by atomic mass is 9.98. The van der Waals surface area contributed by atoms with E-state index in [-0.39, 0.29) is 0 Å². The Labute approximate surface area is 185 Å². The number of aliphatic hydroxyl groups excluding tert-OH is 1. The Morgan fingerprint density at radius 2 is 1.55 bits per heavy atom. The Hall–Kier alpha value is -2.88. The maximum atomic E-state index is 10.9. The van der Waals surface area contributed by atoms with Crippen molar-refractivity contribution in [1.82, 2.24) is 9.88 Å². The van der Waals surface area contributed by atoms with Crippen LogP contribution >= 0.6 is 0 Å². The summed E-state index contributed by atoms with van der Waals surface area (Å²) in [7, 11) is 0. The number of hydrogen-bond donors (Lipinski definition) is 2. The van der Waals surface area contributed by atoms with Gasteiger partial charge in [0.15, 0.2) is 0 Å². The molecule has 4 aromatic rings. The molecule has 0 amide bonds. The highest BCUT2D eigenvalue weighted by Crippen LogP contribution is 2.41. The molecule has 4 rings (SSSR count). The minimum Gasteiger partial charge on any atom is -0.390 e.